The van der Waals surface area contributed by atoms with Crippen molar-refractivity contribution in [2.75, 3.05) is 7.11 Å². The summed E-state index contributed by atoms with van der Waals surface area (Å²) in [6, 6.07) is 7.15. The SMILES string of the molecule is COc1cccc2c1c(C(C)=O)cn2Cc1cc(F)c(F)c(F)c1. The minimum Gasteiger partial charge on any atom is -0.496 e. The number of aromatic nitrogens is 1. The number of hydrogen-bond acceptors (Lipinski definition) is 2. The fourth-order valence-corrected chi connectivity index (χ4v) is 2.78. The van der Waals surface area contributed by atoms with E-state index in [-0.39, 0.29) is 17.9 Å². The highest BCUT2D eigenvalue weighted by molar-refractivity contribution is 6.09. The third kappa shape index (κ3) is 2.64. The molecule has 0 atom stereocenters. The average molecular weight is 333 g/mol. The summed E-state index contributed by atoms with van der Waals surface area (Å²) in [5.74, 6) is -3.61. The normalized spacial score (nSPS) is 11.0. The zero-order valence-corrected chi connectivity index (χ0v) is 13.1. The molecule has 3 nitrogen and oxygen atoms in total. The quantitative estimate of drug-likeness (QED) is 0.526. The van der Waals surface area contributed by atoms with Crippen LogP contribution in [-0.4, -0.2) is 17.5 Å². The number of halogens is 3. The van der Waals surface area contributed by atoms with Gasteiger partial charge in [0.05, 0.1) is 18.0 Å². The highest BCUT2D eigenvalue weighted by Crippen LogP contribution is 2.31. The predicted molar refractivity (Wildman–Crippen MR) is 83.9 cm³/mol. The van der Waals surface area contributed by atoms with Gasteiger partial charge in [-0.25, -0.2) is 13.2 Å². The van der Waals surface area contributed by atoms with Gasteiger partial charge in [0.25, 0.3) is 0 Å². The number of Topliss-reactive ketones (excluding diaryl/α,β-unsaturated/α-hetero) is 1. The van der Waals surface area contributed by atoms with E-state index in [1.807, 2.05) is 0 Å². The fraction of sp³-hybridized carbons (Fsp3) is 0.167. The third-order valence-electron chi connectivity index (χ3n) is 3.86. The maximum absolute atomic E-state index is 13.4. The van der Waals surface area contributed by atoms with Gasteiger partial charge >= 0.3 is 0 Å². The van der Waals surface area contributed by atoms with E-state index in [0.29, 0.717) is 22.2 Å². The summed E-state index contributed by atoms with van der Waals surface area (Å²) in [6.45, 7) is 1.52. The van der Waals surface area contributed by atoms with Crippen molar-refractivity contribution >= 4 is 16.7 Å². The van der Waals surface area contributed by atoms with Crippen LogP contribution < -0.4 is 4.74 Å². The number of ketones is 1. The van der Waals surface area contributed by atoms with Crippen LogP contribution in [0.2, 0.25) is 0 Å². The summed E-state index contributed by atoms with van der Waals surface area (Å²) in [5.41, 5.74) is 1.39. The van der Waals surface area contributed by atoms with Crippen molar-refractivity contribution in [1.82, 2.24) is 4.57 Å². The molecule has 0 bridgehead atoms. The maximum Gasteiger partial charge on any atom is 0.194 e. The zero-order chi connectivity index (χ0) is 17.4. The number of carbonyl (C=O) groups is 1. The van der Waals surface area contributed by atoms with Crippen molar-refractivity contribution in [1.29, 1.82) is 0 Å². The van der Waals surface area contributed by atoms with Crippen molar-refractivity contribution < 1.29 is 22.7 Å². The molecule has 2 aromatic carbocycles. The molecule has 0 spiro atoms. The fourth-order valence-electron chi connectivity index (χ4n) is 2.78. The van der Waals surface area contributed by atoms with Gasteiger partial charge in [0, 0.05) is 18.3 Å². The molecule has 3 aromatic rings. The second-order valence-electron chi connectivity index (χ2n) is 5.45. The average Bonchev–Trinajstić information content (AvgIpc) is 2.91. The molecule has 0 saturated heterocycles. The van der Waals surface area contributed by atoms with Crippen LogP contribution in [0.5, 0.6) is 5.75 Å². The number of nitrogens with zero attached hydrogens (tertiary/aromatic N) is 1. The number of methoxy groups -OCH3 is 1. The molecule has 0 N–H and O–H groups in total. The minimum absolute atomic E-state index is 0.0884. The van der Waals surface area contributed by atoms with E-state index in [1.54, 1.807) is 29.0 Å². The van der Waals surface area contributed by atoms with Gasteiger partial charge < -0.3 is 9.30 Å². The Balaban J connectivity index is 2.15. The van der Waals surface area contributed by atoms with Crippen LogP contribution in [0.4, 0.5) is 13.2 Å². The van der Waals surface area contributed by atoms with Gasteiger partial charge in [-0.15, -0.1) is 0 Å². The molecule has 0 aliphatic rings. The molecule has 0 saturated carbocycles. The lowest BCUT2D eigenvalue weighted by molar-refractivity contribution is 0.101. The first-order valence-corrected chi connectivity index (χ1v) is 7.22. The van der Waals surface area contributed by atoms with Crippen LogP contribution in [0.15, 0.2) is 36.5 Å². The van der Waals surface area contributed by atoms with Crippen LogP contribution in [-0.2, 0) is 6.54 Å². The number of benzene rings is 2. The molecule has 0 unspecified atom stereocenters. The Labute approximate surface area is 136 Å². The van der Waals surface area contributed by atoms with Crippen molar-refractivity contribution in [2.24, 2.45) is 0 Å². The second kappa shape index (κ2) is 6.03. The van der Waals surface area contributed by atoms with E-state index in [4.69, 9.17) is 4.74 Å². The molecular formula is C18H14F3NO2. The number of rotatable bonds is 4. The molecule has 0 radical (unpaired) electrons. The first-order chi connectivity index (χ1) is 11.4. The highest BCUT2D eigenvalue weighted by atomic mass is 19.2. The molecule has 0 aliphatic heterocycles. The Morgan fingerprint density at radius 3 is 2.42 bits per heavy atom. The Kier molecular flexibility index (Phi) is 4.05. The summed E-state index contributed by atoms with van der Waals surface area (Å²) in [5, 5.41) is 0.635. The number of hydrogen-bond donors (Lipinski definition) is 0. The van der Waals surface area contributed by atoms with E-state index in [9.17, 15) is 18.0 Å². The number of carbonyl (C=O) groups excluding carboxylic acids is 1. The highest BCUT2D eigenvalue weighted by Gasteiger charge is 2.17. The van der Waals surface area contributed by atoms with E-state index < -0.39 is 17.5 Å². The molecule has 6 heteroatoms. The largest absolute Gasteiger partial charge is 0.496 e. The Hall–Kier alpha value is -2.76. The summed E-state index contributed by atoms with van der Waals surface area (Å²) in [7, 11) is 1.50. The summed E-state index contributed by atoms with van der Waals surface area (Å²) < 4.78 is 46.9. The van der Waals surface area contributed by atoms with Crippen LogP contribution in [0.3, 0.4) is 0 Å². The van der Waals surface area contributed by atoms with Crippen LogP contribution >= 0.6 is 0 Å². The van der Waals surface area contributed by atoms with E-state index in [0.717, 1.165) is 12.1 Å². The lowest BCUT2D eigenvalue weighted by atomic mass is 10.1. The number of ether oxygens (including phenoxy) is 1. The standard InChI is InChI=1S/C18H14F3NO2/c1-10(23)12-9-22(15-4-3-5-16(24-2)17(12)15)8-11-6-13(19)18(21)14(20)7-11/h3-7,9H,8H2,1-2H3. The van der Waals surface area contributed by atoms with E-state index >= 15 is 0 Å². The van der Waals surface area contributed by atoms with Crippen molar-refractivity contribution in [2.45, 2.75) is 13.5 Å². The zero-order valence-electron chi connectivity index (χ0n) is 13.1. The van der Waals surface area contributed by atoms with Crippen molar-refractivity contribution in [3.8, 4) is 5.75 Å². The molecule has 3 rings (SSSR count). The van der Waals surface area contributed by atoms with Gasteiger partial charge in [0.1, 0.15) is 5.75 Å². The monoisotopic (exact) mass is 333 g/mol. The third-order valence-corrected chi connectivity index (χ3v) is 3.86. The summed E-state index contributed by atoms with van der Waals surface area (Å²) >= 11 is 0. The Morgan fingerprint density at radius 2 is 1.83 bits per heavy atom. The molecule has 124 valence electrons. The first kappa shape index (κ1) is 16.1. The van der Waals surface area contributed by atoms with Crippen molar-refractivity contribution in [3.05, 3.63) is 65.1 Å². The van der Waals surface area contributed by atoms with Crippen LogP contribution in [0.1, 0.15) is 22.8 Å². The van der Waals surface area contributed by atoms with Gasteiger partial charge in [-0.2, -0.15) is 0 Å². The van der Waals surface area contributed by atoms with Gasteiger partial charge in [-0.3, -0.25) is 4.79 Å². The maximum atomic E-state index is 13.4. The summed E-state index contributed by atoms with van der Waals surface area (Å²) in [4.78, 5) is 11.9. The molecule has 24 heavy (non-hydrogen) atoms. The van der Waals surface area contributed by atoms with Crippen LogP contribution in [0, 0.1) is 17.5 Å². The molecule has 1 aromatic heterocycles. The Morgan fingerprint density at radius 1 is 1.17 bits per heavy atom. The molecule has 1 heterocycles. The molecular weight excluding hydrogens is 319 g/mol. The van der Waals surface area contributed by atoms with Gasteiger partial charge in [0.15, 0.2) is 23.2 Å². The lowest BCUT2D eigenvalue weighted by Crippen LogP contribution is -2.01. The summed E-state index contributed by atoms with van der Waals surface area (Å²) in [6.07, 6.45) is 1.61. The van der Waals surface area contributed by atoms with E-state index in [2.05, 4.69) is 0 Å². The second-order valence-corrected chi connectivity index (χ2v) is 5.45. The van der Waals surface area contributed by atoms with Crippen LogP contribution in [0.25, 0.3) is 10.9 Å². The predicted octanol–water partition coefficient (Wildman–Crippen LogP) is 4.32. The lowest BCUT2D eigenvalue weighted by Gasteiger charge is -2.08. The molecule has 0 amide bonds. The van der Waals surface area contributed by atoms with E-state index in [1.165, 1.54) is 14.0 Å². The van der Waals surface area contributed by atoms with Gasteiger partial charge in [0.2, 0.25) is 0 Å². The first-order valence-electron chi connectivity index (χ1n) is 7.22. The topological polar surface area (TPSA) is 31.2 Å². The van der Waals surface area contributed by atoms with Gasteiger partial charge in [-0.1, -0.05) is 6.07 Å². The molecule has 0 fully saturated rings. The van der Waals surface area contributed by atoms with Gasteiger partial charge in [-0.05, 0) is 36.8 Å². The number of fused-ring (bicyclic) bond motifs is 1. The smallest absolute Gasteiger partial charge is 0.194 e. The van der Waals surface area contributed by atoms with Crippen molar-refractivity contribution in [3.63, 3.8) is 0 Å². The molecule has 0 aliphatic carbocycles. The minimum atomic E-state index is -1.50. The Bertz CT molecular complexity index is 924.